The number of benzene rings is 1. The molecule has 0 saturated carbocycles. The molecule has 1 rings (SSSR count). The lowest BCUT2D eigenvalue weighted by Crippen LogP contribution is -2.17. The molecule has 0 amide bonds. The van der Waals surface area contributed by atoms with E-state index in [4.69, 9.17) is 4.74 Å². The second-order valence-corrected chi connectivity index (χ2v) is 5.01. The van der Waals surface area contributed by atoms with Crippen molar-refractivity contribution in [3.63, 3.8) is 0 Å². The Balaban J connectivity index is 2.34. The van der Waals surface area contributed by atoms with Gasteiger partial charge in [0.25, 0.3) is 0 Å². The Labute approximate surface area is 101 Å². The average Bonchev–Trinajstić information content (AvgIpc) is 2.30. The van der Waals surface area contributed by atoms with E-state index in [-0.39, 0.29) is 11.2 Å². The summed E-state index contributed by atoms with van der Waals surface area (Å²) < 4.78 is 5.16. The first kappa shape index (κ1) is 13.1. The van der Waals surface area contributed by atoms with Crippen molar-refractivity contribution in [2.75, 3.05) is 6.61 Å². The summed E-state index contributed by atoms with van der Waals surface area (Å²) in [6, 6.07) is 9.91. The maximum Gasteiger partial charge on any atom is 0.319 e. The van der Waals surface area contributed by atoms with E-state index in [9.17, 15) is 4.79 Å². The molecule has 0 N–H and O–H groups in total. The third-order valence-corrected chi connectivity index (χ3v) is 3.22. The number of hydrogen-bond donors (Lipinski definition) is 0. The van der Waals surface area contributed by atoms with Crippen LogP contribution in [0.4, 0.5) is 0 Å². The Kier molecular flexibility index (Phi) is 6.01. The molecule has 1 atom stereocenters. The lowest BCUT2D eigenvalue weighted by Gasteiger charge is -2.10. The summed E-state index contributed by atoms with van der Waals surface area (Å²) in [6.45, 7) is 4.50. The van der Waals surface area contributed by atoms with Gasteiger partial charge in [0.1, 0.15) is 5.25 Å². The second kappa shape index (κ2) is 7.34. The first-order valence-corrected chi connectivity index (χ1v) is 6.50. The van der Waals surface area contributed by atoms with Crippen LogP contribution in [0.15, 0.2) is 35.2 Å². The summed E-state index contributed by atoms with van der Waals surface area (Å²) in [6.07, 6.45) is 1.99. The number of unbranched alkanes of at least 4 members (excludes halogenated alkanes) is 1. The zero-order chi connectivity index (χ0) is 11.8. The smallest absolute Gasteiger partial charge is 0.319 e. The number of thioether (sulfide) groups is 1. The summed E-state index contributed by atoms with van der Waals surface area (Å²) in [5.74, 6) is -0.123. The molecule has 0 aliphatic rings. The van der Waals surface area contributed by atoms with Gasteiger partial charge in [-0.05, 0) is 25.5 Å². The fourth-order valence-corrected chi connectivity index (χ4v) is 2.07. The molecule has 0 aliphatic heterocycles. The van der Waals surface area contributed by atoms with Crippen molar-refractivity contribution in [3.05, 3.63) is 30.3 Å². The lowest BCUT2D eigenvalue weighted by molar-refractivity contribution is -0.142. The summed E-state index contributed by atoms with van der Waals surface area (Å²) in [4.78, 5) is 12.7. The molecular formula is C13H18O2S. The van der Waals surface area contributed by atoms with E-state index >= 15 is 0 Å². The van der Waals surface area contributed by atoms with Crippen LogP contribution in [0.1, 0.15) is 26.7 Å². The Morgan fingerprint density at radius 1 is 1.38 bits per heavy atom. The summed E-state index contributed by atoms with van der Waals surface area (Å²) in [7, 11) is 0. The highest BCUT2D eigenvalue weighted by Crippen LogP contribution is 2.23. The number of esters is 1. The van der Waals surface area contributed by atoms with Crippen LogP contribution in [-0.4, -0.2) is 17.8 Å². The highest BCUT2D eigenvalue weighted by atomic mass is 32.2. The van der Waals surface area contributed by atoms with E-state index in [2.05, 4.69) is 6.92 Å². The third kappa shape index (κ3) is 4.71. The molecule has 88 valence electrons. The van der Waals surface area contributed by atoms with E-state index in [1.165, 1.54) is 11.8 Å². The molecule has 3 heteroatoms. The molecule has 0 aromatic heterocycles. The fraction of sp³-hybridized carbons (Fsp3) is 0.462. The Bertz CT molecular complexity index is 311. The number of hydrogen-bond acceptors (Lipinski definition) is 3. The largest absolute Gasteiger partial charge is 0.465 e. The molecule has 0 bridgehead atoms. The molecule has 0 heterocycles. The molecule has 1 aromatic carbocycles. The van der Waals surface area contributed by atoms with Crippen LogP contribution in [0.3, 0.4) is 0 Å². The van der Waals surface area contributed by atoms with Crippen LogP contribution in [0.2, 0.25) is 0 Å². The predicted octanol–water partition coefficient (Wildman–Crippen LogP) is 3.51. The average molecular weight is 238 g/mol. The Morgan fingerprint density at radius 3 is 2.69 bits per heavy atom. The summed E-state index contributed by atoms with van der Waals surface area (Å²) in [5.41, 5.74) is 0. The van der Waals surface area contributed by atoms with Gasteiger partial charge < -0.3 is 4.74 Å². The second-order valence-electron chi connectivity index (χ2n) is 3.59. The molecule has 0 aliphatic carbocycles. The normalized spacial score (nSPS) is 12.1. The van der Waals surface area contributed by atoms with E-state index in [1.54, 1.807) is 0 Å². The van der Waals surface area contributed by atoms with E-state index in [1.807, 2.05) is 37.3 Å². The molecule has 1 unspecified atom stereocenters. The Morgan fingerprint density at radius 2 is 2.06 bits per heavy atom. The molecule has 0 radical (unpaired) electrons. The van der Waals surface area contributed by atoms with Gasteiger partial charge >= 0.3 is 5.97 Å². The van der Waals surface area contributed by atoms with Crippen molar-refractivity contribution in [1.29, 1.82) is 0 Å². The van der Waals surface area contributed by atoms with Crippen LogP contribution in [0.25, 0.3) is 0 Å². The van der Waals surface area contributed by atoms with E-state index in [0.29, 0.717) is 6.61 Å². The predicted molar refractivity (Wildman–Crippen MR) is 67.6 cm³/mol. The highest BCUT2D eigenvalue weighted by molar-refractivity contribution is 8.00. The zero-order valence-corrected chi connectivity index (χ0v) is 10.6. The first-order chi connectivity index (χ1) is 7.74. The minimum atomic E-state index is -0.140. The topological polar surface area (TPSA) is 26.3 Å². The van der Waals surface area contributed by atoms with Gasteiger partial charge in [-0.3, -0.25) is 4.79 Å². The van der Waals surface area contributed by atoms with Crippen LogP contribution in [-0.2, 0) is 9.53 Å². The maximum absolute atomic E-state index is 11.6. The first-order valence-electron chi connectivity index (χ1n) is 5.62. The SMILES string of the molecule is CCCCOC(=O)C(C)Sc1ccccc1. The summed E-state index contributed by atoms with van der Waals surface area (Å²) >= 11 is 1.54. The van der Waals surface area contributed by atoms with Gasteiger partial charge in [-0.15, -0.1) is 11.8 Å². The van der Waals surface area contributed by atoms with Crippen LogP contribution < -0.4 is 0 Å². The number of rotatable bonds is 6. The number of carbonyl (C=O) groups excluding carboxylic acids is 1. The standard InChI is InChI=1S/C13H18O2S/c1-3-4-10-15-13(14)11(2)16-12-8-6-5-7-9-12/h5-9,11H,3-4,10H2,1-2H3. The number of carbonyl (C=O) groups is 1. The van der Waals surface area contributed by atoms with Gasteiger partial charge in [0.2, 0.25) is 0 Å². The molecule has 16 heavy (non-hydrogen) atoms. The molecule has 0 fully saturated rings. The van der Waals surface area contributed by atoms with E-state index < -0.39 is 0 Å². The van der Waals surface area contributed by atoms with Gasteiger partial charge in [0, 0.05) is 4.90 Å². The van der Waals surface area contributed by atoms with Gasteiger partial charge in [0.05, 0.1) is 6.61 Å². The monoisotopic (exact) mass is 238 g/mol. The minimum absolute atomic E-state index is 0.123. The molecule has 0 saturated heterocycles. The van der Waals surface area contributed by atoms with E-state index in [0.717, 1.165) is 17.7 Å². The molecule has 2 nitrogen and oxygen atoms in total. The third-order valence-electron chi connectivity index (χ3n) is 2.13. The zero-order valence-electron chi connectivity index (χ0n) is 9.81. The van der Waals surface area contributed by atoms with Gasteiger partial charge in [-0.25, -0.2) is 0 Å². The summed E-state index contributed by atoms with van der Waals surface area (Å²) in [5, 5.41) is -0.140. The number of ether oxygens (including phenoxy) is 1. The molecule has 1 aromatic rings. The quantitative estimate of drug-likeness (QED) is 0.431. The van der Waals surface area contributed by atoms with Crippen LogP contribution in [0.5, 0.6) is 0 Å². The lowest BCUT2D eigenvalue weighted by atomic mass is 10.4. The van der Waals surface area contributed by atoms with Crippen molar-refractivity contribution in [1.82, 2.24) is 0 Å². The van der Waals surface area contributed by atoms with Crippen molar-refractivity contribution >= 4 is 17.7 Å². The minimum Gasteiger partial charge on any atom is -0.465 e. The van der Waals surface area contributed by atoms with Crippen molar-refractivity contribution in [2.24, 2.45) is 0 Å². The molecular weight excluding hydrogens is 220 g/mol. The Hall–Kier alpha value is -0.960. The van der Waals surface area contributed by atoms with Crippen LogP contribution >= 0.6 is 11.8 Å². The highest BCUT2D eigenvalue weighted by Gasteiger charge is 2.15. The van der Waals surface area contributed by atoms with Crippen LogP contribution in [0, 0.1) is 0 Å². The maximum atomic E-state index is 11.6. The van der Waals surface area contributed by atoms with Crippen molar-refractivity contribution < 1.29 is 9.53 Å². The van der Waals surface area contributed by atoms with Crippen molar-refractivity contribution in [2.45, 2.75) is 36.8 Å². The van der Waals surface area contributed by atoms with Gasteiger partial charge in [-0.2, -0.15) is 0 Å². The molecule has 0 spiro atoms. The fourth-order valence-electron chi connectivity index (χ4n) is 1.19. The van der Waals surface area contributed by atoms with Gasteiger partial charge in [-0.1, -0.05) is 31.5 Å². The van der Waals surface area contributed by atoms with Crippen molar-refractivity contribution in [3.8, 4) is 0 Å². The van der Waals surface area contributed by atoms with Gasteiger partial charge in [0.15, 0.2) is 0 Å².